The average Bonchev–Trinajstić information content (AvgIpc) is 3.54. The summed E-state index contributed by atoms with van der Waals surface area (Å²) in [7, 11) is 0. The van der Waals surface area contributed by atoms with Gasteiger partial charge in [0.1, 0.15) is 5.65 Å². The van der Waals surface area contributed by atoms with Crippen LogP contribution in [0.2, 0.25) is 0 Å². The van der Waals surface area contributed by atoms with E-state index in [0.29, 0.717) is 11.8 Å². The van der Waals surface area contributed by atoms with Crippen molar-refractivity contribution in [3.05, 3.63) is 72.4 Å². The zero-order valence-corrected chi connectivity index (χ0v) is 26.5. The van der Waals surface area contributed by atoms with E-state index in [1.165, 1.54) is 44.2 Å². The molecule has 7 rings (SSSR count). The number of imidazole rings is 1. The lowest BCUT2D eigenvalue weighted by Crippen LogP contribution is -2.38. The molecule has 2 aromatic heterocycles. The molecule has 3 aromatic carbocycles. The maximum Gasteiger partial charge on any atom is 0.145 e. The first-order valence-electron chi connectivity index (χ1n) is 16.3. The van der Waals surface area contributed by atoms with Crippen LogP contribution in [-0.2, 0) is 9.47 Å². The molecule has 2 unspecified atom stereocenters. The van der Waals surface area contributed by atoms with Gasteiger partial charge in [0, 0.05) is 53.9 Å². The normalized spacial score (nSPS) is 16.8. The van der Waals surface area contributed by atoms with Crippen molar-refractivity contribution < 1.29 is 9.47 Å². The van der Waals surface area contributed by atoms with E-state index in [1.54, 1.807) is 0 Å². The van der Waals surface area contributed by atoms with Crippen LogP contribution >= 0.6 is 0 Å². The molecule has 0 bridgehead atoms. The van der Waals surface area contributed by atoms with Crippen molar-refractivity contribution >= 4 is 38.7 Å². The Morgan fingerprint density at radius 1 is 0.750 bits per heavy atom. The van der Waals surface area contributed by atoms with E-state index in [2.05, 4.69) is 102 Å². The fourth-order valence-electron chi connectivity index (χ4n) is 6.85. The Kier molecular flexibility index (Phi) is 10.1. The Bertz CT molecular complexity index is 1660. The summed E-state index contributed by atoms with van der Waals surface area (Å²) >= 11 is 0. The number of aromatic nitrogens is 2. The molecule has 6 nitrogen and oxygen atoms in total. The quantitative estimate of drug-likeness (QED) is 0.184. The van der Waals surface area contributed by atoms with Crippen LogP contribution in [0.4, 0.5) is 11.4 Å². The molecular weight excluding hydrogens is 544 g/mol. The first-order valence-corrected chi connectivity index (χ1v) is 16.3. The molecule has 0 amide bonds. The molecule has 0 N–H and O–H groups in total. The maximum atomic E-state index is 5.75. The molecule has 0 spiro atoms. The fourth-order valence-corrected chi connectivity index (χ4v) is 6.85. The molecule has 2 aliphatic heterocycles. The summed E-state index contributed by atoms with van der Waals surface area (Å²) in [6.07, 6.45) is 3.27. The number of para-hydroxylation sites is 1. The number of rotatable bonds is 6. The molecule has 0 saturated carbocycles. The minimum atomic E-state index is 0. The molecule has 2 fully saturated rings. The second-order valence-electron chi connectivity index (χ2n) is 11.6. The van der Waals surface area contributed by atoms with Gasteiger partial charge in [-0.25, -0.2) is 4.98 Å². The first kappa shape index (κ1) is 31.8. The topological polar surface area (TPSA) is 42.2 Å². The van der Waals surface area contributed by atoms with E-state index in [-0.39, 0.29) is 7.43 Å². The lowest BCUT2D eigenvalue weighted by Gasteiger charge is -2.35. The third kappa shape index (κ3) is 5.54. The average molecular weight is 595 g/mol. The minimum absolute atomic E-state index is 0. The van der Waals surface area contributed by atoms with Gasteiger partial charge in [0.2, 0.25) is 0 Å². The predicted octanol–water partition coefficient (Wildman–Crippen LogP) is 8.79. The number of hydrogen-bond acceptors (Lipinski definition) is 5. The highest BCUT2D eigenvalue weighted by Gasteiger charge is 2.27. The van der Waals surface area contributed by atoms with E-state index in [1.807, 2.05) is 13.8 Å². The molecule has 44 heavy (non-hydrogen) atoms. The van der Waals surface area contributed by atoms with Gasteiger partial charge < -0.3 is 19.3 Å². The van der Waals surface area contributed by atoms with Crippen molar-refractivity contribution in [3.8, 4) is 11.3 Å². The van der Waals surface area contributed by atoms with Crippen LogP contribution < -0.4 is 9.80 Å². The van der Waals surface area contributed by atoms with Crippen LogP contribution in [0.1, 0.15) is 59.9 Å². The maximum absolute atomic E-state index is 5.75. The van der Waals surface area contributed by atoms with E-state index in [0.717, 1.165) is 70.4 Å². The lowest BCUT2D eigenvalue weighted by molar-refractivity contribution is 0.122. The van der Waals surface area contributed by atoms with E-state index >= 15 is 0 Å². The summed E-state index contributed by atoms with van der Waals surface area (Å²) in [5.74, 6) is 1.01. The number of hydrogen-bond donors (Lipinski definition) is 0. The molecule has 4 heterocycles. The number of fused-ring (bicyclic) bond motifs is 6. The minimum Gasteiger partial charge on any atom is -0.378 e. The highest BCUT2D eigenvalue weighted by molar-refractivity contribution is 6.14. The van der Waals surface area contributed by atoms with Crippen molar-refractivity contribution in [2.75, 3.05) is 62.4 Å². The number of ether oxygens (including phenoxy) is 2. The Hall–Kier alpha value is -3.61. The van der Waals surface area contributed by atoms with Gasteiger partial charge in [0.25, 0.3) is 0 Å². The van der Waals surface area contributed by atoms with Gasteiger partial charge in [-0.2, -0.15) is 0 Å². The SMILES string of the molecule is C.CC.CCC(C)C(C)c1cccc2c3ccccc3n3c(-c4c(N5CCOCC5)cccc4N4CCOCC4)cnc3c12. The fraction of sp³-hybridized carbons (Fsp3) is 0.447. The molecule has 6 heteroatoms. The Balaban J connectivity index is 0.00000126. The van der Waals surface area contributed by atoms with E-state index < -0.39 is 0 Å². The number of benzene rings is 3. The van der Waals surface area contributed by atoms with E-state index in [9.17, 15) is 0 Å². The number of morpholine rings is 2. The van der Waals surface area contributed by atoms with Crippen LogP contribution in [0.25, 0.3) is 38.6 Å². The largest absolute Gasteiger partial charge is 0.378 e. The Morgan fingerprint density at radius 2 is 1.32 bits per heavy atom. The number of anilines is 2. The highest BCUT2D eigenvalue weighted by Crippen LogP contribution is 2.44. The van der Waals surface area contributed by atoms with Crippen LogP contribution in [0.15, 0.2) is 66.9 Å². The second-order valence-corrected chi connectivity index (χ2v) is 11.6. The highest BCUT2D eigenvalue weighted by atomic mass is 16.5. The Labute approximate surface area is 263 Å². The number of pyridine rings is 1. The first-order chi connectivity index (χ1) is 21.2. The monoisotopic (exact) mass is 594 g/mol. The van der Waals surface area contributed by atoms with Crippen molar-refractivity contribution in [1.29, 1.82) is 0 Å². The summed E-state index contributed by atoms with van der Waals surface area (Å²) in [6, 6.07) is 22.4. The van der Waals surface area contributed by atoms with Crippen LogP contribution in [0.3, 0.4) is 0 Å². The van der Waals surface area contributed by atoms with Crippen molar-refractivity contribution in [1.82, 2.24) is 9.38 Å². The standard InChI is InChI=1S/C35H40N4O2.C2H6.CH4/c1-4-24(2)25(3)26-10-7-11-28-27-9-5-6-12-29(27)39-32(23-36-35(39)33(26)28)34-30(37-15-19-40-20-16-37)13-8-14-31(34)38-17-21-41-22-18-38;1-2;/h5-14,23-25H,4,15-22H2,1-3H3;1-2H3;1H4. The van der Waals surface area contributed by atoms with Gasteiger partial charge in [-0.05, 0) is 41.0 Å². The zero-order valence-electron chi connectivity index (χ0n) is 26.5. The van der Waals surface area contributed by atoms with Gasteiger partial charge in [-0.1, -0.05) is 90.9 Å². The van der Waals surface area contributed by atoms with Crippen LogP contribution in [0.5, 0.6) is 0 Å². The molecule has 0 aliphatic carbocycles. The Morgan fingerprint density at radius 3 is 1.93 bits per heavy atom. The van der Waals surface area contributed by atoms with Crippen molar-refractivity contribution in [2.45, 2.75) is 54.4 Å². The summed E-state index contributed by atoms with van der Waals surface area (Å²) in [4.78, 5) is 10.2. The predicted molar refractivity (Wildman–Crippen MR) is 188 cm³/mol. The van der Waals surface area contributed by atoms with Crippen molar-refractivity contribution in [3.63, 3.8) is 0 Å². The van der Waals surface area contributed by atoms with Gasteiger partial charge in [0.15, 0.2) is 0 Å². The molecule has 0 radical (unpaired) electrons. The third-order valence-corrected chi connectivity index (χ3v) is 9.49. The van der Waals surface area contributed by atoms with Gasteiger partial charge in [-0.3, -0.25) is 4.40 Å². The molecule has 2 aliphatic rings. The molecule has 234 valence electrons. The van der Waals surface area contributed by atoms with Gasteiger partial charge in [0.05, 0.1) is 43.8 Å². The zero-order chi connectivity index (χ0) is 29.9. The third-order valence-electron chi connectivity index (χ3n) is 9.49. The molecule has 2 saturated heterocycles. The summed E-state index contributed by atoms with van der Waals surface area (Å²) in [5.41, 5.74) is 8.53. The van der Waals surface area contributed by atoms with Crippen molar-refractivity contribution in [2.24, 2.45) is 5.92 Å². The molecule has 2 atom stereocenters. The number of nitrogens with zero attached hydrogens (tertiary/aromatic N) is 4. The van der Waals surface area contributed by atoms with E-state index in [4.69, 9.17) is 14.5 Å². The van der Waals surface area contributed by atoms with Crippen LogP contribution in [0, 0.1) is 5.92 Å². The summed E-state index contributed by atoms with van der Waals surface area (Å²) < 4.78 is 13.9. The summed E-state index contributed by atoms with van der Waals surface area (Å²) in [5, 5.41) is 3.83. The summed E-state index contributed by atoms with van der Waals surface area (Å²) in [6.45, 7) is 17.6. The lowest BCUT2D eigenvalue weighted by atomic mass is 9.84. The smallest absolute Gasteiger partial charge is 0.145 e. The van der Waals surface area contributed by atoms with Crippen LogP contribution in [-0.4, -0.2) is 62.0 Å². The van der Waals surface area contributed by atoms with Gasteiger partial charge in [-0.15, -0.1) is 0 Å². The second kappa shape index (κ2) is 14.0. The molecular formula is C38H50N4O2. The molecule has 5 aromatic rings. The van der Waals surface area contributed by atoms with Gasteiger partial charge >= 0.3 is 0 Å².